The van der Waals surface area contributed by atoms with Gasteiger partial charge in [0, 0.05) is 32.1 Å². The van der Waals surface area contributed by atoms with Crippen LogP contribution in [0, 0.1) is 0 Å². The van der Waals surface area contributed by atoms with Crippen LogP contribution in [0.5, 0.6) is 5.75 Å². The summed E-state index contributed by atoms with van der Waals surface area (Å²) in [5, 5.41) is 2.87. The van der Waals surface area contributed by atoms with E-state index in [0.29, 0.717) is 19.4 Å². The van der Waals surface area contributed by atoms with Crippen molar-refractivity contribution in [2.24, 2.45) is 0 Å². The molecule has 1 N–H and O–H groups in total. The smallest absolute Gasteiger partial charge is 0.325 e. The molecule has 1 heterocycles. The van der Waals surface area contributed by atoms with Crippen LogP contribution in [0.1, 0.15) is 44.1 Å². The summed E-state index contributed by atoms with van der Waals surface area (Å²) in [6.45, 7) is 0.522. The summed E-state index contributed by atoms with van der Waals surface area (Å²) in [5.41, 5.74) is 0.175. The largest absolute Gasteiger partial charge is 0.496 e. The highest BCUT2D eigenvalue weighted by Gasteiger charge is 2.51. The fourth-order valence-electron chi connectivity index (χ4n) is 3.95. The molecule has 27 heavy (non-hydrogen) atoms. The standard InChI is InChI=1S/C20H27N3O4/c1-22(14-15-8-4-5-9-16(15)27-2)17(24)10-13-23-18(25)20(21-19(23)26)11-6-3-7-12-20/h4-5,8-9H,3,6-7,10-14H2,1-2H3,(H,21,26). The van der Waals surface area contributed by atoms with Crippen LogP contribution in [0.25, 0.3) is 0 Å². The zero-order chi connectivity index (χ0) is 19.4. The monoisotopic (exact) mass is 373 g/mol. The number of rotatable bonds is 6. The van der Waals surface area contributed by atoms with Gasteiger partial charge in [0.2, 0.25) is 5.91 Å². The molecule has 7 heteroatoms. The molecule has 2 aliphatic rings. The van der Waals surface area contributed by atoms with Crippen molar-refractivity contribution in [3.05, 3.63) is 29.8 Å². The Hall–Kier alpha value is -2.57. The SMILES string of the molecule is COc1ccccc1CN(C)C(=O)CCN1C(=O)NC2(CCCCC2)C1=O. The minimum absolute atomic E-state index is 0.112. The number of hydrogen-bond acceptors (Lipinski definition) is 4. The van der Waals surface area contributed by atoms with E-state index in [-0.39, 0.29) is 30.8 Å². The Balaban J connectivity index is 1.57. The van der Waals surface area contributed by atoms with Gasteiger partial charge < -0.3 is 15.0 Å². The predicted molar refractivity (Wildman–Crippen MR) is 100 cm³/mol. The van der Waals surface area contributed by atoms with E-state index in [0.717, 1.165) is 30.6 Å². The normalized spacial score (nSPS) is 18.5. The number of imide groups is 1. The summed E-state index contributed by atoms with van der Waals surface area (Å²) in [4.78, 5) is 40.3. The van der Waals surface area contributed by atoms with Crippen LogP contribution in [-0.4, -0.2) is 53.9 Å². The van der Waals surface area contributed by atoms with Crippen molar-refractivity contribution >= 4 is 17.8 Å². The maximum Gasteiger partial charge on any atom is 0.325 e. The van der Waals surface area contributed by atoms with E-state index in [4.69, 9.17) is 4.74 Å². The van der Waals surface area contributed by atoms with Gasteiger partial charge >= 0.3 is 6.03 Å². The third kappa shape index (κ3) is 3.91. The molecule has 0 aromatic heterocycles. The van der Waals surface area contributed by atoms with E-state index in [9.17, 15) is 14.4 Å². The van der Waals surface area contributed by atoms with Gasteiger partial charge in [0.05, 0.1) is 7.11 Å². The fraction of sp³-hybridized carbons (Fsp3) is 0.550. The van der Waals surface area contributed by atoms with Crippen molar-refractivity contribution in [3.63, 3.8) is 0 Å². The number of para-hydroxylation sites is 1. The molecular formula is C20H27N3O4. The number of methoxy groups -OCH3 is 1. The van der Waals surface area contributed by atoms with Crippen LogP contribution < -0.4 is 10.1 Å². The molecule has 1 saturated heterocycles. The van der Waals surface area contributed by atoms with Gasteiger partial charge in [-0.3, -0.25) is 14.5 Å². The van der Waals surface area contributed by atoms with Gasteiger partial charge in [-0.1, -0.05) is 37.5 Å². The highest BCUT2D eigenvalue weighted by molar-refractivity contribution is 6.07. The topological polar surface area (TPSA) is 79.0 Å². The number of ether oxygens (including phenoxy) is 1. The Kier molecular flexibility index (Phi) is 5.68. The van der Waals surface area contributed by atoms with Crippen LogP contribution >= 0.6 is 0 Å². The molecule has 1 spiro atoms. The van der Waals surface area contributed by atoms with Crippen LogP contribution in [-0.2, 0) is 16.1 Å². The quantitative estimate of drug-likeness (QED) is 0.776. The Labute approximate surface area is 159 Å². The van der Waals surface area contributed by atoms with Crippen LogP contribution in [0.15, 0.2) is 24.3 Å². The second kappa shape index (κ2) is 7.98. The van der Waals surface area contributed by atoms with Crippen LogP contribution in [0.3, 0.4) is 0 Å². The van der Waals surface area contributed by atoms with Crippen LogP contribution in [0.2, 0.25) is 0 Å². The lowest BCUT2D eigenvalue weighted by Crippen LogP contribution is -2.48. The lowest BCUT2D eigenvalue weighted by Gasteiger charge is -2.30. The summed E-state index contributed by atoms with van der Waals surface area (Å²) in [7, 11) is 3.31. The molecule has 0 bridgehead atoms. The van der Waals surface area contributed by atoms with Crippen molar-refractivity contribution in [2.75, 3.05) is 20.7 Å². The zero-order valence-corrected chi connectivity index (χ0v) is 16.0. The summed E-state index contributed by atoms with van der Waals surface area (Å²) in [5.74, 6) is 0.434. The third-order valence-corrected chi connectivity index (χ3v) is 5.53. The fourth-order valence-corrected chi connectivity index (χ4v) is 3.95. The molecule has 1 aliphatic carbocycles. The van der Waals surface area contributed by atoms with Gasteiger partial charge in [-0.25, -0.2) is 4.79 Å². The second-order valence-electron chi connectivity index (χ2n) is 7.34. The highest BCUT2D eigenvalue weighted by Crippen LogP contribution is 2.33. The number of nitrogens with one attached hydrogen (secondary N) is 1. The van der Waals surface area contributed by atoms with Crippen molar-refractivity contribution in [3.8, 4) is 5.75 Å². The van der Waals surface area contributed by atoms with Crippen molar-refractivity contribution in [1.29, 1.82) is 0 Å². The van der Waals surface area contributed by atoms with Gasteiger partial charge in [0.25, 0.3) is 5.91 Å². The van der Waals surface area contributed by atoms with Gasteiger partial charge in [0.1, 0.15) is 11.3 Å². The first-order chi connectivity index (χ1) is 13.0. The Bertz CT molecular complexity index is 728. The molecule has 1 aliphatic heterocycles. The molecule has 1 saturated carbocycles. The number of benzene rings is 1. The van der Waals surface area contributed by atoms with Crippen molar-refractivity contribution < 1.29 is 19.1 Å². The lowest BCUT2D eigenvalue weighted by atomic mass is 9.82. The molecular weight excluding hydrogens is 346 g/mol. The summed E-state index contributed by atoms with van der Waals surface area (Å²) >= 11 is 0. The number of carbonyl (C=O) groups excluding carboxylic acids is 3. The molecule has 0 atom stereocenters. The van der Waals surface area contributed by atoms with Gasteiger partial charge in [0.15, 0.2) is 0 Å². The van der Waals surface area contributed by atoms with E-state index in [1.165, 1.54) is 4.90 Å². The number of carbonyl (C=O) groups is 3. The molecule has 7 nitrogen and oxygen atoms in total. The van der Waals surface area contributed by atoms with Gasteiger partial charge in [-0.2, -0.15) is 0 Å². The summed E-state index contributed by atoms with van der Waals surface area (Å²) in [6.07, 6.45) is 4.48. The molecule has 0 unspecified atom stereocenters. The molecule has 3 rings (SSSR count). The second-order valence-corrected chi connectivity index (χ2v) is 7.34. The Morgan fingerprint density at radius 3 is 2.63 bits per heavy atom. The van der Waals surface area contributed by atoms with Crippen molar-refractivity contribution in [1.82, 2.24) is 15.1 Å². The van der Waals surface area contributed by atoms with Crippen molar-refractivity contribution in [2.45, 2.75) is 50.6 Å². The lowest BCUT2D eigenvalue weighted by molar-refractivity contribution is -0.134. The minimum atomic E-state index is -0.734. The first-order valence-electron chi connectivity index (χ1n) is 9.47. The molecule has 4 amide bonds. The average Bonchev–Trinajstić information content (AvgIpc) is 2.90. The maximum atomic E-state index is 12.8. The molecule has 1 aromatic carbocycles. The Morgan fingerprint density at radius 1 is 1.22 bits per heavy atom. The molecule has 2 fully saturated rings. The predicted octanol–water partition coefficient (Wildman–Crippen LogP) is 2.30. The van der Waals surface area contributed by atoms with E-state index in [1.807, 2.05) is 24.3 Å². The number of nitrogens with zero attached hydrogens (tertiary/aromatic N) is 2. The number of amides is 4. The van der Waals surface area contributed by atoms with E-state index < -0.39 is 5.54 Å². The van der Waals surface area contributed by atoms with Crippen LogP contribution in [0.4, 0.5) is 4.79 Å². The van der Waals surface area contributed by atoms with E-state index in [1.54, 1.807) is 19.1 Å². The molecule has 1 aromatic rings. The third-order valence-electron chi connectivity index (χ3n) is 5.53. The van der Waals surface area contributed by atoms with Gasteiger partial charge in [-0.05, 0) is 18.9 Å². The first kappa shape index (κ1) is 19.2. The molecule has 146 valence electrons. The Morgan fingerprint density at radius 2 is 1.93 bits per heavy atom. The molecule has 0 radical (unpaired) electrons. The van der Waals surface area contributed by atoms with E-state index >= 15 is 0 Å². The number of urea groups is 1. The zero-order valence-electron chi connectivity index (χ0n) is 16.0. The summed E-state index contributed by atoms with van der Waals surface area (Å²) < 4.78 is 5.32. The van der Waals surface area contributed by atoms with E-state index in [2.05, 4.69) is 5.32 Å². The van der Waals surface area contributed by atoms with Gasteiger partial charge in [-0.15, -0.1) is 0 Å². The summed E-state index contributed by atoms with van der Waals surface area (Å²) in [6, 6.07) is 7.16. The minimum Gasteiger partial charge on any atom is -0.496 e. The first-order valence-corrected chi connectivity index (χ1v) is 9.47. The average molecular weight is 373 g/mol. The number of hydrogen-bond donors (Lipinski definition) is 1. The highest BCUT2D eigenvalue weighted by atomic mass is 16.5. The maximum absolute atomic E-state index is 12.8.